The number of carbonyl (C=O) groups is 3. The number of halogens is 1. The maximum atomic E-state index is 12.1. The molecule has 2 rings (SSSR count). The number of benzene rings is 1. The number of esters is 1. The summed E-state index contributed by atoms with van der Waals surface area (Å²) in [7, 11) is 0. The molecular weight excluding hydrogens is 332 g/mol. The second-order valence-corrected chi connectivity index (χ2v) is 6.13. The minimum Gasteiger partial charge on any atom is -0.454 e. The van der Waals surface area contributed by atoms with Crippen LogP contribution in [0.25, 0.3) is 0 Å². The SMILES string of the molecule is C[C@H](NC(=O)c1ccccc1Cl)C(=O)OCC(=O)N1CCCCC1. The second-order valence-electron chi connectivity index (χ2n) is 5.72. The molecule has 6 nitrogen and oxygen atoms in total. The summed E-state index contributed by atoms with van der Waals surface area (Å²) in [6.07, 6.45) is 3.07. The van der Waals surface area contributed by atoms with Crippen molar-refractivity contribution in [2.45, 2.75) is 32.2 Å². The molecule has 1 saturated heterocycles. The minimum atomic E-state index is -0.872. The molecule has 2 amide bonds. The molecule has 7 heteroatoms. The summed E-state index contributed by atoms with van der Waals surface area (Å²) in [5, 5.41) is 2.82. The zero-order valence-corrected chi connectivity index (χ0v) is 14.3. The first-order valence-corrected chi connectivity index (χ1v) is 8.36. The third kappa shape index (κ3) is 4.96. The molecule has 0 radical (unpaired) electrons. The fourth-order valence-corrected chi connectivity index (χ4v) is 2.69. The Morgan fingerprint density at radius 1 is 1.21 bits per heavy atom. The Morgan fingerprint density at radius 3 is 2.54 bits per heavy atom. The van der Waals surface area contributed by atoms with Crippen LogP contribution >= 0.6 is 11.6 Å². The summed E-state index contributed by atoms with van der Waals surface area (Å²) in [6, 6.07) is 5.68. The van der Waals surface area contributed by atoms with Crippen molar-refractivity contribution in [1.82, 2.24) is 10.2 Å². The number of ether oxygens (including phenoxy) is 1. The normalized spacial score (nSPS) is 15.5. The Bertz CT molecular complexity index is 614. The molecule has 0 spiro atoms. The smallest absolute Gasteiger partial charge is 0.328 e. The van der Waals surface area contributed by atoms with Crippen molar-refractivity contribution in [1.29, 1.82) is 0 Å². The second kappa shape index (κ2) is 8.68. The first-order chi connectivity index (χ1) is 11.5. The molecule has 0 unspecified atom stereocenters. The van der Waals surface area contributed by atoms with E-state index in [2.05, 4.69) is 5.32 Å². The van der Waals surface area contributed by atoms with Gasteiger partial charge in [-0.15, -0.1) is 0 Å². The van der Waals surface area contributed by atoms with Crippen LogP contribution in [0, 0.1) is 0 Å². The first kappa shape index (κ1) is 18.3. The highest BCUT2D eigenvalue weighted by molar-refractivity contribution is 6.33. The van der Waals surface area contributed by atoms with Crippen molar-refractivity contribution in [3.8, 4) is 0 Å². The Hall–Kier alpha value is -2.08. The number of rotatable bonds is 5. The van der Waals surface area contributed by atoms with Crippen LogP contribution in [0.15, 0.2) is 24.3 Å². The molecule has 0 saturated carbocycles. The van der Waals surface area contributed by atoms with E-state index in [1.165, 1.54) is 6.92 Å². The van der Waals surface area contributed by atoms with E-state index in [0.717, 1.165) is 19.3 Å². The lowest BCUT2D eigenvalue weighted by atomic mass is 10.1. The molecule has 0 bridgehead atoms. The van der Waals surface area contributed by atoms with E-state index in [1.54, 1.807) is 29.2 Å². The Morgan fingerprint density at radius 2 is 1.88 bits per heavy atom. The molecule has 1 heterocycles. The van der Waals surface area contributed by atoms with Crippen LogP contribution in [-0.4, -0.2) is 48.4 Å². The summed E-state index contributed by atoms with van der Waals surface area (Å²) in [6.45, 7) is 2.61. The van der Waals surface area contributed by atoms with Gasteiger partial charge in [-0.3, -0.25) is 9.59 Å². The minimum absolute atomic E-state index is 0.201. The van der Waals surface area contributed by atoms with Crippen LogP contribution in [0.1, 0.15) is 36.5 Å². The van der Waals surface area contributed by atoms with Gasteiger partial charge in [0.05, 0.1) is 10.6 Å². The third-order valence-electron chi connectivity index (χ3n) is 3.87. The lowest BCUT2D eigenvalue weighted by molar-refractivity contribution is -0.153. The van der Waals surface area contributed by atoms with Crippen molar-refractivity contribution >= 4 is 29.4 Å². The van der Waals surface area contributed by atoms with E-state index in [0.29, 0.717) is 18.1 Å². The summed E-state index contributed by atoms with van der Waals surface area (Å²) in [5.41, 5.74) is 0.281. The van der Waals surface area contributed by atoms with Gasteiger partial charge in [0.15, 0.2) is 6.61 Å². The molecular formula is C17H21ClN2O4. The number of nitrogens with zero attached hydrogens (tertiary/aromatic N) is 1. The lowest BCUT2D eigenvalue weighted by Crippen LogP contribution is -2.42. The van der Waals surface area contributed by atoms with E-state index >= 15 is 0 Å². The highest BCUT2D eigenvalue weighted by atomic mass is 35.5. The quantitative estimate of drug-likeness (QED) is 0.822. The zero-order chi connectivity index (χ0) is 17.5. The van der Waals surface area contributed by atoms with Crippen LogP contribution in [0.3, 0.4) is 0 Å². The zero-order valence-electron chi connectivity index (χ0n) is 13.6. The Balaban J connectivity index is 1.80. The van der Waals surface area contributed by atoms with E-state index in [1.807, 2.05) is 0 Å². The number of piperidine rings is 1. The van der Waals surface area contributed by atoms with Gasteiger partial charge < -0.3 is 15.0 Å². The van der Waals surface area contributed by atoms with Crippen LogP contribution in [0.5, 0.6) is 0 Å². The van der Waals surface area contributed by atoms with E-state index < -0.39 is 17.9 Å². The molecule has 1 aromatic rings. The van der Waals surface area contributed by atoms with Crippen LogP contribution in [0.2, 0.25) is 5.02 Å². The number of likely N-dealkylation sites (tertiary alicyclic amines) is 1. The molecule has 0 aromatic heterocycles. The Labute approximate surface area is 146 Å². The maximum absolute atomic E-state index is 12.1. The molecule has 1 aromatic carbocycles. The molecule has 1 fully saturated rings. The molecule has 1 aliphatic heterocycles. The van der Waals surface area contributed by atoms with Crippen molar-refractivity contribution < 1.29 is 19.1 Å². The molecule has 130 valence electrons. The highest BCUT2D eigenvalue weighted by Gasteiger charge is 2.22. The first-order valence-electron chi connectivity index (χ1n) is 7.99. The summed E-state index contributed by atoms with van der Waals surface area (Å²) in [5.74, 6) is -1.32. The summed E-state index contributed by atoms with van der Waals surface area (Å²) in [4.78, 5) is 37.7. The van der Waals surface area contributed by atoms with Crippen molar-refractivity contribution in [2.24, 2.45) is 0 Å². The van der Waals surface area contributed by atoms with Crippen molar-refractivity contribution in [3.63, 3.8) is 0 Å². The van der Waals surface area contributed by atoms with Gasteiger partial charge in [0.2, 0.25) is 0 Å². The maximum Gasteiger partial charge on any atom is 0.328 e. The largest absolute Gasteiger partial charge is 0.454 e. The van der Waals surface area contributed by atoms with Gasteiger partial charge in [-0.1, -0.05) is 23.7 Å². The molecule has 24 heavy (non-hydrogen) atoms. The number of carbonyl (C=O) groups excluding carboxylic acids is 3. The van der Waals surface area contributed by atoms with Crippen molar-refractivity contribution in [2.75, 3.05) is 19.7 Å². The van der Waals surface area contributed by atoms with Crippen LogP contribution < -0.4 is 5.32 Å². The fraction of sp³-hybridized carbons (Fsp3) is 0.471. The van der Waals surface area contributed by atoms with Gasteiger partial charge >= 0.3 is 5.97 Å². The highest BCUT2D eigenvalue weighted by Crippen LogP contribution is 2.14. The van der Waals surface area contributed by atoms with Gasteiger partial charge in [-0.05, 0) is 38.3 Å². The van der Waals surface area contributed by atoms with Gasteiger partial charge in [-0.25, -0.2) is 4.79 Å². The standard InChI is InChI=1S/C17H21ClN2O4/c1-12(19-16(22)13-7-3-4-8-14(13)18)17(23)24-11-15(21)20-9-5-2-6-10-20/h3-4,7-8,12H,2,5-6,9-11H2,1H3,(H,19,22)/t12-/m0/s1. The number of hydrogen-bond donors (Lipinski definition) is 1. The van der Waals surface area contributed by atoms with Gasteiger partial charge in [0.1, 0.15) is 6.04 Å². The van der Waals surface area contributed by atoms with Gasteiger partial charge in [0, 0.05) is 13.1 Å². The lowest BCUT2D eigenvalue weighted by Gasteiger charge is -2.26. The van der Waals surface area contributed by atoms with Crippen LogP contribution in [-0.2, 0) is 14.3 Å². The van der Waals surface area contributed by atoms with E-state index in [-0.39, 0.29) is 18.1 Å². The molecule has 1 N–H and O–H groups in total. The monoisotopic (exact) mass is 352 g/mol. The van der Waals surface area contributed by atoms with Crippen molar-refractivity contribution in [3.05, 3.63) is 34.9 Å². The predicted molar refractivity (Wildman–Crippen MR) is 89.8 cm³/mol. The summed E-state index contributed by atoms with van der Waals surface area (Å²) < 4.78 is 5.01. The van der Waals surface area contributed by atoms with Gasteiger partial charge in [0.25, 0.3) is 11.8 Å². The molecule has 1 aliphatic rings. The number of hydrogen-bond acceptors (Lipinski definition) is 4. The number of nitrogens with one attached hydrogen (secondary N) is 1. The average Bonchev–Trinajstić information content (AvgIpc) is 2.60. The predicted octanol–water partition coefficient (Wildman–Crippen LogP) is 2.01. The topological polar surface area (TPSA) is 75.7 Å². The molecule has 1 atom stereocenters. The summed E-state index contributed by atoms with van der Waals surface area (Å²) >= 11 is 5.94. The number of amides is 2. The van der Waals surface area contributed by atoms with E-state index in [9.17, 15) is 14.4 Å². The van der Waals surface area contributed by atoms with E-state index in [4.69, 9.17) is 16.3 Å². The Kier molecular flexibility index (Phi) is 6.61. The third-order valence-corrected chi connectivity index (χ3v) is 4.20. The van der Waals surface area contributed by atoms with Gasteiger partial charge in [-0.2, -0.15) is 0 Å². The average molecular weight is 353 g/mol. The van der Waals surface area contributed by atoms with Crippen LogP contribution in [0.4, 0.5) is 0 Å². The molecule has 0 aliphatic carbocycles. The fourth-order valence-electron chi connectivity index (χ4n) is 2.47.